The third kappa shape index (κ3) is 4.52. The molecule has 1 aliphatic rings. The van der Waals surface area contributed by atoms with Gasteiger partial charge < -0.3 is 0 Å². The maximum atomic E-state index is 14.7. The van der Waals surface area contributed by atoms with Gasteiger partial charge in [0.1, 0.15) is 5.82 Å². The van der Waals surface area contributed by atoms with Gasteiger partial charge in [-0.3, -0.25) is 0 Å². The highest BCUT2D eigenvalue weighted by atomic mass is 19.1. The van der Waals surface area contributed by atoms with Crippen molar-refractivity contribution < 1.29 is 4.39 Å². The molecule has 136 valence electrons. The lowest BCUT2D eigenvalue weighted by atomic mass is 9.79. The van der Waals surface area contributed by atoms with Crippen LogP contribution in [0.3, 0.4) is 0 Å². The Morgan fingerprint density at radius 1 is 1.04 bits per heavy atom. The molecule has 0 saturated carbocycles. The second-order valence-corrected chi connectivity index (χ2v) is 7.33. The van der Waals surface area contributed by atoms with Crippen LogP contribution in [0.1, 0.15) is 59.9 Å². The van der Waals surface area contributed by atoms with Crippen LogP contribution in [-0.2, 0) is 25.7 Å². The van der Waals surface area contributed by atoms with Crippen LogP contribution in [0, 0.1) is 5.82 Å². The molecule has 1 atom stereocenters. The van der Waals surface area contributed by atoms with Crippen molar-refractivity contribution in [3.63, 3.8) is 0 Å². The van der Waals surface area contributed by atoms with Crippen molar-refractivity contribution in [3.05, 3.63) is 94.8 Å². The zero-order valence-electron chi connectivity index (χ0n) is 15.8. The topological polar surface area (TPSA) is 0 Å². The zero-order valence-corrected chi connectivity index (χ0v) is 15.8. The number of aryl methyl sites for hydroxylation is 3. The zero-order chi connectivity index (χ0) is 18.4. The SMILES string of the molecule is C=CCCc1ccc2c(c1)CCC(c1ccc(CC/C=C/C)cc1F)C2. The minimum atomic E-state index is -0.0287. The molecular formula is C25H29F. The van der Waals surface area contributed by atoms with Crippen molar-refractivity contribution >= 4 is 0 Å². The summed E-state index contributed by atoms with van der Waals surface area (Å²) in [6.07, 6.45) is 13.1. The van der Waals surface area contributed by atoms with Crippen LogP contribution in [0.2, 0.25) is 0 Å². The molecule has 1 unspecified atom stereocenters. The Hall–Kier alpha value is -2.15. The number of rotatable bonds is 7. The summed E-state index contributed by atoms with van der Waals surface area (Å²) >= 11 is 0. The molecule has 0 amide bonds. The Labute approximate surface area is 157 Å². The molecule has 0 nitrogen and oxygen atoms in total. The van der Waals surface area contributed by atoms with Gasteiger partial charge in [-0.25, -0.2) is 4.39 Å². The fourth-order valence-electron chi connectivity index (χ4n) is 3.97. The standard InChI is InChI=1S/C25H29F/c1-3-5-7-9-20-11-15-24(25(26)17-20)23-14-13-21-16-19(8-6-4-2)10-12-22(21)18-23/h3-5,10-12,15-17,23H,2,6-9,13-14,18H2,1H3/b5-3+. The van der Waals surface area contributed by atoms with Gasteiger partial charge in [0.25, 0.3) is 0 Å². The summed E-state index contributed by atoms with van der Waals surface area (Å²) in [5, 5.41) is 0. The van der Waals surface area contributed by atoms with Crippen LogP contribution in [0.4, 0.5) is 4.39 Å². The first-order chi connectivity index (χ1) is 12.7. The quantitative estimate of drug-likeness (QED) is 0.487. The molecule has 2 aromatic carbocycles. The molecule has 0 N–H and O–H groups in total. The average molecular weight is 349 g/mol. The van der Waals surface area contributed by atoms with Gasteiger partial charge in [0.05, 0.1) is 0 Å². The van der Waals surface area contributed by atoms with Crippen molar-refractivity contribution in [1.82, 2.24) is 0 Å². The van der Waals surface area contributed by atoms with E-state index in [1.807, 2.05) is 25.1 Å². The molecule has 0 heterocycles. The highest BCUT2D eigenvalue weighted by Crippen LogP contribution is 2.34. The molecule has 0 aliphatic heterocycles. The highest BCUT2D eigenvalue weighted by molar-refractivity contribution is 5.38. The molecule has 0 saturated heterocycles. The van der Waals surface area contributed by atoms with Crippen molar-refractivity contribution in [3.8, 4) is 0 Å². The Kier molecular flexibility index (Phi) is 6.44. The van der Waals surface area contributed by atoms with Crippen LogP contribution < -0.4 is 0 Å². The van der Waals surface area contributed by atoms with Crippen LogP contribution in [0.25, 0.3) is 0 Å². The van der Waals surface area contributed by atoms with E-state index in [1.165, 1.54) is 16.7 Å². The van der Waals surface area contributed by atoms with Crippen LogP contribution in [0.15, 0.2) is 61.2 Å². The summed E-state index contributed by atoms with van der Waals surface area (Å²) in [6.45, 7) is 5.82. The molecule has 0 radical (unpaired) electrons. The molecule has 0 fully saturated rings. The predicted octanol–water partition coefficient (Wildman–Crippen LogP) is 6.73. The molecule has 1 aliphatic carbocycles. The van der Waals surface area contributed by atoms with E-state index >= 15 is 0 Å². The molecule has 3 rings (SSSR count). The number of halogens is 1. The number of allylic oxidation sites excluding steroid dienone is 3. The van der Waals surface area contributed by atoms with Crippen LogP contribution in [-0.4, -0.2) is 0 Å². The molecule has 0 bridgehead atoms. The fourth-order valence-corrected chi connectivity index (χ4v) is 3.97. The number of benzene rings is 2. The van der Waals surface area contributed by atoms with Crippen molar-refractivity contribution in [1.29, 1.82) is 0 Å². The smallest absolute Gasteiger partial charge is 0.126 e. The van der Waals surface area contributed by atoms with Gasteiger partial charge in [-0.15, -0.1) is 6.58 Å². The van der Waals surface area contributed by atoms with Gasteiger partial charge in [0.15, 0.2) is 0 Å². The molecule has 0 spiro atoms. The van der Waals surface area contributed by atoms with Crippen LogP contribution >= 0.6 is 0 Å². The highest BCUT2D eigenvalue weighted by Gasteiger charge is 2.22. The minimum Gasteiger partial charge on any atom is -0.207 e. The van der Waals surface area contributed by atoms with E-state index in [0.717, 1.165) is 56.1 Å². The first kappa shape index (κ1) is 18.6. The van der Waals surface area contributed by atoms with Gasteiger partial charge in [0, 0.05) is 0 Å². The van der Waals surface area contributed by atoms with E-state index in [2.05, 4.69) is 36.9 Å². The fraction of sp³-hybridized carbons (Fsp3) is 0.360. The van der Waals surface area contributed by atoms with Gasteiger partial charge in [0.2, 0.25) is 0 Å². The lowest BCUT2D eigenvalue weighted by Crippen LogP contribution is -2.14. The largest absolute Gasteiger partial charge is 0.207 e. The van der Waals surface area contributed by atoms with Crippen LogP contribution in [0.5, 0.6) is 0 Å². The van der Waals surface area contributed by atoms with E-state index in [9.17, 15) is 4.39 Å². The number of fused-ring (bicyclic) bond motifs is 1. The van der Waals surface area contributed by atoms with Gasteiger partial charge >= 0.3 is 0 Å². The van der Waals surface area contributed by atoms with E-state index < -0.39 is 0 Å². The van der Waals surface area contributed by atoms with E-state index in [-0.39, 0.29) is 5.82 Å². The summed E-state index contributed by atoms with van der Waals surface area (Å²) in [7, 11) is 0. The summed E-state index contributed by atoms with van der Waals surface area (Å²) in [5.74, 6) is 0.269. The lowest BCUT2D eigenvalue weighted by molar-refractivity contribution is 0.532. The molecule has 26 heavy (non-hydrogen) atoms. The maximum Gasteiger partial charge on any atom is 0.126 e. The molecule has 1 heteroatoms. The normalized spacial score (nSPS) is 16.6. The lowest BCUT2D eigenvalue weighted by Gasteiger charge is -2.26. The van der Waals surface area contributed by atoms with Gasteiger partial charge in [-0.05, 0) is 91.7 Å². The van der Waals surface area contributed by atoms with E-state index in [1.54, 1.807) is 6.07 Å². The molecule has 0 aromatic heterocycles. The Morgan fingerprint density at radius 3 is 2.58 bits per heavy atom. The van der Waals surface area contributed by atoms with Gasteiger partial charge in [-0.1, -0.05) is 48.6 Å². The minimum absolute atomic E-state index is 0.0287. The summed E-state index contributed by atoms with van der Waals surface area (Å²) in [5.41, 5.74) is 6.21. The molecular weight excluding hydrogens is 319 g/mol. The Balaban J connectivity index is 1.71. The summed E-state index contributed by atoms with van der Waals surface area (Å²) in [4.78, 5) is 0. The Morgan fingerprint density at radius 2 is 1.81 bits per heavy atom. The van der Waals surface area contributed by atoms with Crippen molar-refractivity contribution in [2.75, 3.05) is 0 Å². The van der Waals surface area contributed by atoms with E-state index in [0.29, 0.717) is 5.92 Å². The maximum absolute atomic E-state index is 14.7. The first-order valence-electron chi connectivity index (χ1n) is 9.82. The third-order valence-electron chi connectivity index (χ3n) is 5.48. The monoisotopic (exact) mass is 348 g/mol. The number of hydrogen-bond donors (Lipinski definition) is 0. The second-order valence-electron chi connectivity index (χ2n) is 7.33. The average Bonchev–Trinajstić information content (AvgIpc) is 2.66. The van der Waals surface area contributed by atoms with Crippen molar-refractivity contribution in [2.45, 2.75) is 57.8 Å². The van der Waals surface area contributed by atoms with E-state index in [4.69, 9.17) is 0 Å². The predicted molar refractivity (Wildman–Crippen MR) is 109 cm³/mol. The second kappa shape index (κ2) is 8.98. The van der Waals surface area contributed by atoms with Gasteiger partial charge in [-0.2, -0.15) is 0 Å². The molecule has 2 aromatic rings. The summed E-state index contributed by atoms with van der Waals surface area (Å²) < 4.78 is 14.7. The first-order valence-corrected chi connectivity index (χ1v) is 9.82. The Bertz CT molecular complexity index is 785. The summed E-state index contributed by atoms with van der Waals surface area (Å²) in [6, 6.07) is 12.7. The number of hydrogen-bond acceptors (Lipinski definition) is 0. The third-order valence-corrected chi connectivity index (χ3v) is 5.48. The van der Waals surface area contributed by atoms with Crippen molar-refractivity contribution in [2.24, 2.45) is 0 Å².